The summed E-state index contributed by atoms with van der Waals surface area (Å²) in [6, 6.07) is 3.41. The minimum atomic E-state index is -0.313. The molecule has 94 valence electrons. The Morgan fingerprint density at radius 3 is 3.00 bits per heavy atom. The van der Waals surface area contributed by atoms with Crippen molar-refractivity contribution in [2.24, 2.45) is 0 Å². The SMILES string of the molecule is Cc1cc(Br)c(O)c(C(=O)NCc2nccs2)c1. The average Bonchev–Trinajstić information content (AvgIpc) is 2.83. The highest BCUT2D eigenvalue weighted by Crippen LogP contribution is 2.29. The van der Waals surface area contributed by atoms with Gasteiger partial charge in [0.2, 0.25) is 0 Å². The molecule has 1 aromatic heterocycles. The number of phenolic OH excluding ortho intramolecular Hbond substituents is 1. The average molecular weight is 327 g/mol. The Balaban J connectivity index is 2.14. The van der Waals surface area contributed by atoms with E-state index < -0.39 is 0 Å². The molecule has 2 aromatic rings. The lowest BCUT2D eigenvalue weighted by Gasteiger charge is -2.08. The minimum Gasteiger partial charge on any atom is -0.506 e. The molecule has 0 aliphatic heterocycles. The van der Waals surface area contributed by atoms with Crippen molar-refractivity contribution in [1.82, 2.24) is 10.3 Å². The lowest BCUT2D eigenvalue weighted by Crippen LogP contribution is -2.23. The second-order valence-corrected chi connectivity index (χ2v) is 5.58. The number of carbonyl (C=O) groups excluding carboxylic acids is 1. The van der Waals surface area contributed by atoms with Crippen LogP contribution in [0.3, 0.4) is 0 Å². The van der Waals surface area contributed by atoms with Crippen LogP contribution in [0.15, 0.2) is 28.2 Å². The van der Waals surface area contributed by atoms with Crippen molar-refractivity contribution in [2.45, 2.75) is 13.5 Å². The lowest BCUT2D eigenvalue weighted by molar-refractivity contribution is 0.0948. The first-order valence-electron chi connectivity index (χ1n) is 5.23. The number of hydrogen-bond donors (Lipinski definition) is 2. The smallest absolute Gasteiger partial charge is 0.255 e. The van der Waals surface area contributed by atoms with E-state index >= 15 is 0 Å². The highest BCUT2D eigenvalue weighted by molar-refractivity contribution is 9.10. The Hall–Kier alpha value is -1.40. The number of halogens is 1. The first-order valence-corrected chi connectivity index (χ1v) is 6.91. The third kappa shape index (κ3) is 2.88. The summed E-state index contributed by atoms with van der Waals surface area (Å²) in [5.74, 6) is -0.357. The number of benzene rings is 1. The summed E-state index contributed by atoms with van der Waals surface area (Å²) in [6.07, 6.45) is 1.69. The van der Waals surface area contributed by atoms with E-state index in [2.05, 4.69) is 26.2 Å². The molecule has 0 spiro atoms. The third-order valence-corrected chi connectivity index (χ3v) is 3.72. The number of hydrogen-bond acceptors (Lipinski definition) is 4. The molecule has 0 fully saturated rings. The molecule has 4 nitrogen and oxygen atoms in total. The number of aryl methyl sites for hydroxylation is 1. The molecular formula is C12H11BrN2O2S. The molecule has 0 bridgehead atoms. The fraction of sp³-hybridized carbons (Fsp3) is 0.167. The van der Waals surface area contributed by atoms with E-state index in [0.29, 0.717) is 11.0 Å². The number of phenols is 1. The van der Waals surface area contributed by atoms with Gasteiger partial charge in [-0.1, -0.05) is 0 Å². The van der Waals surface area contributed by atoms with Crippen LogP contribution in [-0.2, 0) is 6.54 Å². The molecule has 0 atom stereocenters. The summed E-state index contributed by atoms with van der Waals surface area (Å²) < 4.78 is 0.516. The van der Waals surface area contributed by atoms with Crippen molar-refractivity contribution in [3.63, 3.8) is 0 Å². The monoisotopic (exact) mass is 326 g/mol. The van der Waals surface area contributed by atoms with Gasteiger partial charge in [-0.15, -0.1) is 11.3 Å². The number of aromatic nitrogens is 1. The number of amides is 1. The Bertz CT molecular complexity index is 570. The van der Waals surface area contributed by atoms with Crippen molar-refractivity contribution in [2.75, 3.05) is 0 Å². The molecule has 0 radical (unpaired) electrons. The van der Waals surface area contributed by atoms with Gasteiger partial charge in [0.15, 0.2) is 0 Å². The number of carbonyl (C=O) groups is 1. The van der Waals surface area contributed by atoms with Gasteiger partial charge in [0.1, 0.15) is 10.8 Å². The number of nitrogens with zero attached hydrogens (tertiary/aromatic N) is 1. The van der Waals surface area contributed by atoms with Gasteiger partial charge in [0.05, 0.1) is 16.6 Å². The van der Waals surface area contributed by atoms with Gasteiger partial charge in [-0.2, -0.15) is 0 Å². The van der Waals surface area contributed by atoms with Crippen LogP contribution in [0, 0.1) is 6.92 Å². The van der Waals surface area contributed by atoms with Crippen LogP contribution in [0.2, 0.25) is 0 Å². The highest BCUT2D eigenvalue weighted by Gasteiger charge is 2.14. The lowest BCUT2D eigenvalue weighted by atomic mass is 10.1. The zero-order valence-electron chi connectivity index (χ0n) is 9.61. The van der Waals surface area contributed by atoms with Crippen molar-refractivity contribution in [3.05, 3.63) is 44.3 Å². The Morgan fingerprint density at radius 1 is 1.56 bits per heavy atom. The Morgan fingerprint density at radius 2 is 2.33 bits per heavy atom. The van der Waals surface area contributed by atoms with E-state index in [4.69, 9.17) is 0 Å². The fourth-order valence-electron chi connectivity index (χ4n) is 1.50. The molecule has 6 heteroatoms. The van der Waals surface area contributed by atoms with Crippen molar-refractivity contribution in [1.29, 1.82) is 0 Å². The number of nitrogens with one attached hydrogen (secondary N) is 1. The van der Waals surface area contributed by atoms with Gasteiger partial charge in [-0.25, -0.2) is 4.98 Å². The van der Waals surface area contributed by atoms with E-state index in [-0.39, 0.29) is 17.2 Å². The standard InChI is InChI=1S/C12H11BrN2O2S/c1-7-4-8(11(16)9(13)5-7)12(17)15-6-10-14-2-3-18-10/h2-5,16H,6H2,1H3,(H,15,17). The number of thiazole rings is 1. The largest absolute Gasteiger partial charge is 0.506 e. The van der Waals surface area contributed by atoms with Crippen LogP contribution in [-0.4, -0.2) is 16.0 Å². The second kappa shape index (κ2) is 5.49. The molecule has 1 heterocycles. The summed E-state index contributed by atoms with van der Waals surface area (Å²) >= 11 is 4.69. The van der Waals surface area contributed by atoms with Crippen molar-refractivity contribution < 1.29 is 9.90 Å². The molecule has 2 rings (SSSR count). The molecular weight excluding hydrogens is 316 g/mol. The van der Waals surface area contributed by atoms with Gasteiger partial charge < -0.3 is 10.4 Å². The molecule has 0 aliphatic carbocycles. The van der Waals surface area contributed by atoms with Gasteiger partial charge >= 0.3 is 0 Å². The summed E-state index contributed by atoms with van der Waals surface area (Å²) in [4.78, 5) is 16.0. The zero-order valence-corrected chi connectivity index (χ0v) is 12.0. The molecule has 0 saturated heterocycles. The molecule has 2 N–H and O–H groups in total. The van der Waals surface area contributed by atoms with Crippen LogP contribution in [0.25, 0.3) is 0 Å². The molecule has 18 heavy (non-hydrogen) atoms. The molecule has 1 aromatic carbocycles. The zero-order chi connectivity index (χ0) is 13.1. The summed E-state index contributed by atoms with van der Waals surface area (Å²) in [5.41, 5.74) is 1.16. The summed E-state index contributed by atoms with van der Waals surface area (Å²) in [6.45, 7) is 2.23. The van der Waals surface area contributed by atoms with E-state index in [1.54, 1.807) is 18.3 Å². The molecule has 0 aliphatic rings. The maximum absolute atomic E-state index is 12.0. The minimum absolute atomic E-state index is 0.0442. The highest BCUT2D eigenvalue weighted by atomic mass is 79.9. The van der Waals surface area contributed by atoms with Crippen LogP contribution in [0.5, 0.6) is 5.75 Å². The summed E-state index contributed by atoms with van der Waals surface area (Å²) in [5, 5.41) is 15.2. The van der Waals surface area contributed by atoms with E-state index in [0.717, 1.165) is 10.6 Å². The number of rotatable bonds is 3. The first kappa shape index (κ1) is 13.0. The normalized spacial score (nSPS) is 10.3. The maximum Gasteiger partial charge on any atom is 0.255 e. The van der Waals surface area contributed by atoms with Gasteiger partial charge in [0, 0.05) is 11.6 Å². The van der Waals surface area contributed by atoms with Gasteiger partial charge in [0.25, 0.3) is 5.91 Å². The predicted octanol–water partition coefficient (Wildman–Crippen LogP) is 2.85. The predicted molar refractivity (Wildman–Crippen MR) is 73.8 cm³/mol. The Labute approximate surface area is 117 Å². The third-order valence-electron chi connectivity index (χ3n) is 2.34. The van der Waals surface area contributed by atoms with Crippen LogP contribution in [0.1, 0.15) is 20.9 Å². The maximum atomic E-state index is 12.0. The topological polar surface area (TPSA) is 62.2 Å². The van der Waals surface area contributed by atoms with Crippen molar-refractivity contribution in [3.8, 4) is 5.75 Å². The van der Waals surface area contributed by atoms with Crippen LogP contribution in [0.4, 0.5) is 0 Å². The van der Waals surface area contributed by atoms with E-state index in [1.165, 1.54) is 11.3 Å². The van der Waals surface area contributed by atoms with E-state index in [1.807, 2.05) is 12.3 Å². The van der Waals surface area contributed by atoms with E-state index in [9.17, 15) is 9.90 Å². The van der Waals surface area contributed by atoms with Gasteiger partial charge in [-0.3, -0.25) is 4.79 Å². The Kier molecular flexibility index (Phi) is 3.98. The van der Waals surface area contributed by atoms with Gasteiger partial charge in [-0.05, 0) is 40.5 Å². The number of aromatic hydroxyl groups is 1. The fourth-order valence-corrected chi connectivity index (χ4v) is 2.63. The quantitative estimate of drug-likeness (QED) is 0.911. The summed E-state index contributed by atoms with van der Waals surface area (Å²) in [7, 11) is 0. The first-order chi connectivity index (χ1) is 8.58. The van der Waals surface area contributed by atoms with Crippen molar-refractivity contribution >= 4 is 33.2 Å². The van der Waals surface area contributed by atoms with Crippen LogP contribution < -0.4 is 5.32 Å². The van der Waals surface area contributed by atoms with Crippen LogP contribution >= 0.6 is 27.3 Å². The second-order valence-electron chi connectivity index (χ2n) is 3.75. The molecule has 0 unspecified atom stereocenters. The molecule has 0 saturated carbocycles. The molecule has 1 amide bonds.